The number of hydrogen-bond donors (Lipinski definition) is 1. The number of carbonyl (C=O) groups excluding carboxylic acids is 1. The van der Waals surface area contributed by atoms with Crippen LogP contribution < -0.4 is 5.32 Å². The van der Waals surface area contributed by atoms with E-state index < -0.39 is 0 Å². The third kappa shape index (κ3) is 3.95. The van der Waals surface area contributed by atoms with E-state index in [-0.39, 0.29) is 5.91 Å². The molecule has 0 saturated carbocycles. The molecule has 0 bridgehead atoms. The van der Waals surface area contributed by atoms with Crippen LogP contribution in [0.4, 0.5) is 0 Å². The molecule has 1 aromatic rings. The van der Waals surface area contributed by atoms with E-state index in [1.54, 1.807) is 0 Å². The fourth-order valence-corrected chi connectivity index (χ4v) is 2.32. The van der Waals surface area contributed by atoms with Crippen molar-refractivity contribution in [2.24, 2.45) is 0 Å². The number of hydrogen-bond acceptors (Lipinski definition) is 2. The van der Waals surface area contributed by atoms with Crippen molar-refractivity contribution in [1.29, 1.82) is 0 Å². The summed E-state index contributed by atoms with van der Waals surface area (Å²) in [6, 6.07) is 1.84. The van der Waals surface area contributed by atoms with Crippen molar-refractivity contribution in [2.75, 3.05) is 11.0 Å². The third-order valence-electron chi connectivity index (χ3n) is 1.43. The highest BCUT2D eigenvalue weighted by Crippen LogP contribution is 2.20. The molecule has 0 fully saturated rings. The van der Waals surface area contributed by atoms with E-state index in [0.29, 0.717) is 0 Å². The summed E-state index contributed by atoms with van der Waals surface area (Å²) in [5.74, 6) is 0.0202. The monoisotopic (exact) mass is 373 g/mol. The summed E-state index contributed by atoms with van der Waals surface area (Å²) in [5.41, 5.74) is 0.741. The van der Waals surface area contributed by atoms with Crippen molar-refractivity contribution in [2.45, 2.75) is 6.42 Å². The largest absolute Gasteiger partial charge is 0.352 e. The Bertz CT molecular complexity index is 289. The predicted octanol–water partition coefficient (Wildman–Crippen LogP) is 3.07. The molecule has 72 valence electrons. The van der Waals surface area contributed by atoms with Crippen LogP contribution in [-0.4, -0.2) is 16.9 Å². The minimum absolute atomic E-state index is 0.0202. The number of nitrogens with one attached hydrogen (secondary N) is 1. The number of alkyl halides is 1. The molecule has 0 atom stereocenters. The van der Waals surface area contributed by atoms with Gasteiger partial charge in [-0.05, 0) is 28.4 Å². The molecule has 1 N–H and O–H groups in total. The Hall–Kier alpha value is 0.380. The van der Waals surface area contributed by atoms with Gasteiger partial charge in [0.2, 0.25) is 0 Å². The zero-order valence-electron chi connectivity index (χ0n) is 6.85. The summed E-state index contributed by atoms with van der Waals surface area (Å²) in [4.78, 5) is 11.4. The Morgan fingerprint density at radius 1 is 1.69 bits per heavy atom. The Morgan fingerprint density at radius 3 is 3.00 bits per heavy atom. The second kappa shape index (κ2) is 5.98. The van der Waals surface area contributed by atoms with Gasteiger partial charge in [0.1, 0.15) is 0 Å². The van der Waals surface area contributed by atoms with Crippen LogP contribution in [0, 0.1) is 0 Å². The molecule has 0 radical (unpaired) electrons. The first-order valence-electron chi connectivity index (χ1n) is 3.82. The topological polar surface area (TPSA) is 29.1 Å². The molecule has 5 heteroatoms. The molecular weight excluding hydrogens is 365 g/mol. The molecule has 0 aliphatic heterocycles. The highest BCUT2D eigenvalue weighted by Gasteiger charge is 2.05. The zero-order chi connectivity index (χ0) is 9.68. The van der Waals surface area contributed by atoms with E-state index >= 15 is 0 Å². The minimum Gasteiger partial charge on any atom is -0.352 e. The normalized spacial score (nSPS) is 10.0. The first kappa shape index (κ1) is 11.5. The van der Waals surface area contributed by atoms with Crippen molar-refractivity contribution in [3.63, 3.8) is 0 Å². The van der Waals surface area contributed by atoms with E-state index in [9.17, 15) is 4.79 Å². The van der Waals surface area contributed by atoms with Crippen molar-refractivity contribution in [1.82, 2.24) is 5.32 Å². The summed E-state index contributed by atoms with van der Waals surface area (Å²) in [6.45, 7) is 0.759. The van der Waals surface area contributed by atoms with Crippen molar-refractivity contribution >= 4 is 55.8 Å². The number of thiophene rings is 1. The summed E-state index contributed by atoms with van der Waals surface area (Å²) in [5, 5.41) is 4.71. The van der Waals surface area contributed by atoms with Crippen molar-refractivity contribution in [3.05, 3.63) is 20.8 Å². The van der Waals surface area contributed by atoms with Gasteiger partial charge in [-0.15, -0.1) is 11.3 Å². The van der Waals surface area contributed by atoms with Crippen LogP contribution in [0.5, 0.6) is 0 Å². The van der Waals surface area contributed by atoms with Gasteiger partial charge < -0.3 is 5.32 Å². The number of carbonyl (C=O) groups is 1. The maximum atomic E-state index is 11.4. The summed E-state index contributed by atoms with van der Waals surface area (Å²) < 4.78 is 2.07. The lowest BCUT2D eigenvalue weighted by Gasteiger charge is -2.00. The first-order chi connectivity index (χ1) is 6.24. The zero-order valence-corrected chi connectivity index (χ0v) is 11.4. The average molecular weight is 374 g/mol. The van der Waals surface area contributed by atoms with Crippen LogP contribution >= 0.6 is 49.9 Å². The summed E-state index contributed by atoms with van der Waals surface area (Å²) in [6.07, 6.45) is 1.03. The van der Waals surface area contributed by atoms with Gasteiger partial charge in [-0.1, -0.05) is 22.6 Å². The lowest BCUT2D eigenvalue weighted by molar-refractivity contribution is 0.0954. The molecule has 1 aromatic heterocycles. The van der Waals surface area contributed by atoms with Gasteiger partial charge in [0.25, 0.3) is 5.91 Å². The lowest BCUT2D eigenvalue weighted by atomic mass is 10.3. The van der Waals surface area contributed by atoms with E-state index in [2.05, 4.69) is 43.8 Å². The van der Waals surface area contributed by atoms with Crippen molar-refractivity contribution in [3.8, 4) is 0 Å². The van der Waals surface area contributed by atoms with Crippen LogP contribution in [0.15, 0.2) is 15.2 Å². The summed E-state index contributed by atoms with van der Waals surface area (Å²) >= 11 is 7.14. The van der Waals surface area contributed by atoms with Crippen LogP contribution in [0.2, 0.25) is 0 Å². The van der Waals surface area contributed by atoms with E-state index in [4.69, 9.17) is 0 Å². The highest BCUT2D eigenvalue weighted by molar-refractivity contribution is 14.1. The third-order valence-corrected chi connectivity index (χ3v) is 3.69. The van der Waals surface area contributed by atoms with Gasteiger partial charge in [0, 0.05) is 16.4 Å². The maximum absolute atomic E-state index is 11.4. The molecule has 0 aliphatic rings. The quantitative estimate of drug-likeness (QED) is 0.490. The molecule has 0 aliphatic carbocycles. The number of amides is 1. The SMILES string of the molecule is O=C(NCCCI)c1csc(Br)c1. The van der Waals surface area contributed by atoms with E-state index in [1.807, 2.05) is 11.4 Å². The molecule has 1 heterocycles. The molecule has 13 heavy (non-hydrogen) atoms. The Kier molecular flexibility index (Phi) is 5.27. The van der Waals surface area contributed by atoms with Gasteiger partial charge in [-0.25, -0.2) is 0 Å². The van der Waals surface area contributed by atoms with Crippen LogP contribution in [0.3, 0.4) is 0 Å². The Balaban J connectivity index is 2.40. The van der Waals surface area contributed by atoms with E-state index in [1.165, 1.54) is 11.3 Å². The number of halogens is 2. The first-order valence-corrected chi connectivity index (χ1v) is 7.02. The summed E-state index contributed by atoms with van der Waals surface area (Å²) in [7, 11) is 0. The average Bonchev–Trinajstić information content (AvgIpc) is 2.52. The Morgan fingerprint density at radius 2 is 2.46 bits per heavy atom. The smallest absolute Gasteiger partial charge is 0.252 e. The minimum atomic E-state index is 0.0202. The van der Waals surface area contributed by atoms with Crippen LogP contribution in [0.25, 0.3) is 0 Å². The standard InChI is InChI=1S/C8H9BrINOS/c9-7-4-6(5-13-7)8(12)11-3-1-2-10/h4-5H,1-3H2,(H,11,12). The second-order valence-corrected chi connectivity index (χ2v) is 5.81. The number of rotatable bonds is 4. The molecule has 1 rings (SSSR count). The second-order valence-electron chi connectivity index (χ2n) is 2.44. The molecule has 1 amide bonds. The molecule has 0 aromatic carbocycles. The Labute approximate surface area is 103 Å². The molecule has 0 saturated heterocycles. The van der Waals surface area contributed by atoms with Crippen LogP contribution in [0.1, 0.15) is 16.8 Å². The van der Waals surface area contributed by atoms with Gasteiger partial charge in [-0.2, -0.15) is 0 Å². The van der Waals surface area contributed by atoms with Gasteiger partial charge in [-0.3, -0.25) is 4.79 Å². The van der Waals surface area contributed by atoms with Gasteiger partial charge >= 0.3 is 0 Å². The van der Waals surface area contributed by atoms with Gasteiger partial charge in [0.05, 0.1) is 9.35 Å². The predicted molar refractivity (Wildman–Crippen MR) is 67.9 cm³/mol. The molecule has 0 spiro atoms. The highest BCUT2D eigenvalue weighted by atomic mass is 127. The maximum Gasteiger partial charge on any atom is 0.252 e. The lowest BCUT2D eigenvalue weighted by Crippen LogP contribution is -2.24. The van der Waals surface area contributed by atoms with E-state index in [0.717, 1.165) is 26.7 Å². The van der Waals surface area contributed by atoms with Crippen molar-refractivity contribution < 1.29 is 4.79 Å². The fourth-order valence-electron chi connectivity index (χ4n) is 0.800. The molecule has 0 unspecified atom stereocenters. The van der Waals surface area contributed by atoms with Crippen LogP contribution in [-0.2, 0) is 0 Å². The molecular formula is C8H9BrINOS. The van der Waals surface area contributed by atoms with Gasteiger partial charge in [0.15, 0.2) is 0 Å². The fraction of sp³-hybridized carbons (Fsp3) is 0.375. The molecule has 2 nitrogen and oxygen atoms in total.